The maximum Gasteiger partial charge on any atom is 0.469 e. The minimum absolute atomic E-state index is 0.158. The Morgan fingerprint density at radius 1 is 0.739 bits per heavy atom. The van der Waals surface area contributed by atoms with Gasteiger partial charge in [-0.15, -0.1) is 0 Å². The highest BCUT2D eigenvalue weighted by Gasteiger charge is 2.22. The summed E-state index contributed by atoms with van der Waals surface area (Å²) in [6, 6.07) is 0. The van der Waals surface area contributed by atoms with Crippen molar-refractivity contribution in [2.45, 2.75) is 149 Å². The summed E-state index contributed by atoms with van der Waals surface area (Å²) in [5, 5.41) is 9.96. The SMILES string of the molecule is CCCCC/C=C\C[C@@H](O)/C=C/C=C\C/C=C\CCCC(=O)OC[C@H](COP(=O)(O)O)OC(=O)CCCCCCCCCC(C)C. The summed E-state index contributed by atoms with van der Waals surface area (Å²) in [5.74, 6) is -0.257. The van der Waals surface area contributed by atoms with E-state index in [9.17, 15) is 19.3 Å². The minimum Gasteiger partial charge on any atom is -0.462 e. The smallest absolute Gasteiger partial charge is 0.462 e. The summed E-state index contributed by atoms with van der Waals surface area (Å²) >= 11 is 0. The van der Waals surface area contributed by atoms with Crippen LogP contribution in [0.3, 0.4) is 0 Å². The fourth-order valence-electron chi connectivity index (χ4n) is 4.46. The van der Waals surface area contributed by atoms with Crippen LogP contribution in [-0.2, 0) is 28.2 Å². The third kappa shape index (κ3) is 33.3. The Hall–Kier alpha value is -2.03. The Balaban J connectivity index is 4.19. The van der Waals surface area contributed by atoms with Crippen LogP contribution in [0, 0.1) is 5.92 Å². The standard InChI is InChI=1S/C36H63O9P/c1-4-5-6-7-16-21-26-33(37)27-22-17-12-8-9-13-18-23-28-35(38)43-30-34(31-44-46(40,41)42)45-36(39)29-24-19-14-10-11-15-20-25-32(2)3/h9,12-13,16-17,21-22,27,32-34,37H,4-8,10-11,14-15,18-20,23-26,28-31H2,1-3H3,(H2,40,41,42)/b13-9-,17-12-,21-16-,27-22+/t33-,34-/m1/s1. The van der Waals surface area contributed by atoms with Crippen molar-refractivity contribution in [1.29, 1.82) is 0 Å². The van der Waals surface area contributed by atoms with E-state index in [4.69, 9.17) is 19.3 Å². The summed E-state index contributed by atoms with van der Waals surface area (Å²) in [5.41, 5.74) is 0. The fourth-order valence-corrected chi connectivity index (χ4v) is 4.82. The van der Waals surface area contributed by atoms with Crippen LogP contribution < -0.4 is 0 Å². The maximum atomic E-state index is 12.3. The van der Waals surface area contributed by atoms with Crippen LogP contribution in [0.4, 0.5) is 0 Å². The van der Waals surface area contributed by atoms with Crippen molar-refractivity contribution < 1.29 is 43.0 Å². The molecule has 0 fully saturated rings. The molecule has 0 unspecified atom stereocenters. The van der Waals surface area contributed by atoms with E-state index in [-0.39, 0.29) is 19.4 Å². The van der Waals surface area contributed by atoms with Gasteiger partial charge in [-0.2, -0.15) is 0 Å². The van der Waals surface area contributed by atoms with Crippen LogP contribution in [0.1, 0.15) is 136 Å². The van der Waals surface area contributed by atoms with Crippen molar-refractivity contribution in [2.24, 2.45) is 5.92 Å². The molecular formula is C36H63O9P. The van der Waals surface area contributed by atoms with Gasteiger partial charge < -0.3 is 24.4 Å². The molecule has 0 heterocycles. The van der Waals surface area contributed by atoms with E-state index < -0.39 is 38.6 Å². The van der Waals surface area contributed by atoms with Gasteiger partial charge in [0.2, 0.25) is 0 Å². The molecule has 46 heavy (non-hydrogen) atoms. The zero-order valence-electron chi connectivity index (χ0n) is 28.7. The molecule has 0 aromatic heterocycles. The fraction of sp³-hybridized carbons (Fsp3) is 0.722. The van der Waals surface area contributed by atoms with Gasteiger partial charge in [0, 0.05) is 12.8 Å². The van der Waals surface area contributed by atoms with Gasteiger partial charge in [0.05, 0.1) is 12.7 Å². The van der Waals surface area contributed by atoms with Crippen molar-refractivity contribution in [3.8, 4) is 0 Å². The van der Waals surface area contributed by atoms with Crippen LogP contribution in [0.5, 0.6) is 0 Å². The van der Waals surface area contributed by atoms with Gasteiger partial charge in [-0.25, -0.2) is 4.57 Å². The van der Waals surface area contributed by atoms with Gasteiger partial charge in [-0.3, -0.25) is 14.1 Å². The molecule has 0 bridgehead atoms. The number of hydrogen-bond acceptors (Lipinski definition) is 7. The molecule has 0 amide bonds. The number of esters is 2. The van der Waals surface area contributed by atoms with E-state index >= 15 is 0 Å². The van der Waals surface area contributed by atoms with Crippen LogP contribution in [0.15, 0.2) is 48.6 Å². The number of rotatable bonds is 30. The first-order chi connectivity index (χ1) is 22.0. The number of phosphoric ester groups is 1. The molecule has 0 aromatic rings. The zero-order chi connectivity index (χ0) is 34.3. The number of allylic oxidation sites excluding steroid dienone is 6. The van der Waals surface area contributed by atoms with Crippen LogP contribution >= 0.6 is 7.82 Å². The van der Waals surface area contributed by atoms with E-state index in [2.05, 4.69) is 31.4 Å². The lowest BCUT2D eigenvalue weighted by Crippen LogP contribution is -2.29. The number of carbonyl (C=O) groups is 2. The van der Waals surface area contributed by atoms with E-state index in [0.29, 0.717) is 25.7 Å². The van der Waals surface area contributed by atoms with Gasteiger partial charge in [0.25, 0.3) is 0 Å². The molecule has 0 saturated heterocycles. The largest absolute Gasteiger partial charge is 0.469 e. The third-order valence-corrected chi connectivity index (χ3v) is 7.59. The monoisotopic (exact) mass is 670 g/mol. The Morgan fingerprint density at radius 2 is 1.39 bits per heavy atom. The van der Waals surface area contributed by atoms with Gasteiger partial charge in [0.1, 0.15) is 6.61 Å². The lowest BCUT2D eigenvalue weighted by Gasteiger charge is -2.18. The number of carbonyl (C=O) groups excluding carboxylic acids is 2. The Labute approximate surface area is 278 Å². The molecule has 266 valence electrons. The topological polar surface area (TPSA) is 140 Å². The number of unbranched alkanes of at least 4 members (excludes halogenated alkanes) is 10. The highest BCUT2D eigenvalue weighted by atomic mass is 31.2. The van der Waals surface area contributed by atoms with Crippen molar-refractivity contribution in [3.63, 3.8) is 0 Å². The molecule has 0 aliphatic rings. The average Bonchev–Trinajstić information content (AvgIpc) is 2.99. The van der Waals surface area contributed by atoms with E-state index in [1.165, 1.54) is 44.9 Å². The normalized spacial score (nSPS) is 13.9. The van der Waals surface area contributed by atoms with Crippen LogP contribution in [0.2, 0.25) is 0 Å². The number of phosphoric acid groups is 1. The summed E-state index contributed by atoms with van der Waals surface area (Å²) in [7, 11) is -4.77. The molecule has 0 spiro atoms. The van der Waals surface area contributed by atoms with Crippen molar-refractivity contribution in [3.05, 3.63) is 48.6 Å². The Kier molecular flexibility index (Phi) is 29.0. The molecule has 0 radical (unpaired) electrons. The molecule has 0 aliphatic carbocycles. The number of aliphatic hydroxyl groups excluding tert-OH is 1. The predicted octanol–water partition coefficient (Wildman–Crippen LogP) is 8.83. The first-order valence-corrected chi connectivity index (χ1v) is 18.9. The first kappa shape index (κ1) is 44.0. The Bertz CT molecular complexity index is 920. The highest BCUT2D eigenvalue weighted by Crippen LogP contribution is 2.35. The highest BCUT2D eigenvalue weighted by molar-refractivity contribution is 7.46. The maximum absolute atomic E-state index is 12.3. The summed E-state index contributed by atoms with van der Waals surface area (Å²) in [6.07, 6.45) is 30.3. The zero-order valence-corrected chi connectivity index (χ0v) is 29.6. The predicted molar refractivity (Wildman–Crippen MR) is 185 cm³/mol. The first-order valence-electron chi connectivity index (χ1n) is 17.4. The lowest BCUT2D eigenvalue weighted by atomic mass is 10.0. The average molecular weight is 671 g/mol. The van der Waals surface area contributed by atoms with Crippen molar-refractivity contribution >= 4 is 19.8 Å². The van der Waals surface area contributed by atoms with Gasteiger partial charge in [-0.05, 0) is 50.9 Å². The number of aliphatic hydroxyl groups is 1. The molecular weight excluding hydrogens is 607 g/mol. The third-order valence-electron chi connectivity index (χ3n) is 7.11. The van der Waals surface area contributed by atoms with E-state index in [0.717, 1.165) is 38.0 Å². The summed E-state index contributed by atoms with van der Waals surface area (Å²) < 4.78 is 26.1. The molecule has 10 heteroatoms. The second-order valence-electron chi connectivity index (χ2n) is 12.2. The van der Waals surface area contributed by atoms with Crippen molar-refractivity contribution in [2.75, 3.05) is 13.2 Å². The number of ether oxygens (including phenoxy) is 2. The minimum atomic E-state index is -4.77. The quantitative estimate of drug-likeness (QED) is 0.0225. The molecule has 9 nitrogen and oxygen atoms in total. The Morgan fingerprint density at radius 3 is 2.09 bits per heavy atom. The van der Waals surface area contributed by atoms with Crippen LogP contribution in [-0.4, -0.2) is 52.3 Å². The lowest BCUT2D eigenvalue weighted by molar-refractivity contribution is -0.161. The molecule has 0 aliphatic heterocycles. The van der Waals surface area contributed by atoms with Gasteiger partial charge in [0.15, 0.2) is 6.10 Å². The summed E-state index contributed by atoms with van der Waals surface area (Å²) in [4.78, 5) is 42.5. The molecule has 0 aromatic carbocycles. The molecule has 2 atom stereocenters. The van der Waals surface area contributed by atoms with E-state index in [1.807, 2.05) is 36.5 Å². The second-order valence-corrected chi connectivity index (χ2v) is 13.4. The summed E-state index contributed by atoms with van der Waals surface area (Å²) in [6.45, 7) is 5.75. The second kappa shape index (κ2) is 30.3. The van der Waals surface area contributed by atoms with Crippen molar-refractivity contribution in [1.82, 2.24) is 0 Å². The van der Waals surface area contributed by atoms with Gasteiger partial charge in [-0.1, -0.05) is 127 Å². The molecule has 0 rings (SSSR count). The van der Waals surface area contributed by atoms with Crippen LogP contribution in [0.25, 0.3) is 0 Å². The molecule has 3 N–H and O–H groups in total. The van der Waals surface area contributed by atoms with E-state index in [1.54, 1.807) is 6.08 Å². The number of hydrogen-bond donors (Lipinski definition) is 3. The molecule has 0 saturated carbocycles. The van der Waals surface area contributed by atoms with Gasteiger partial charge >= 0.3 is 19.8 Å².